The predicted octanol–water partition coefficient (Wildman–Crippen LogP) is 1.96. The number of benzene rings is 1. The summed E-state index contributed by atoms with van der Waals surface area (Å²) < 4.78 is 14.2. The van der Waals surface area contributed by atoms with Crippen molar-refractivity contribution >= 4 is 40.3 Å². The van der Waals surface area contributed by atoms with Crippen molar-refractivity contribution in [3.05, 3.63) is 52.4 Å². The van der Waals surface area contributed by atoms with Crippen LogP contribution in [0.2, 0.25) is 0 Å². The Balaban J connectivity index is 2.12. The van der Waals surface area contributed by atoms with E-state index in [4.69, 9.17) is 10.0 Å². The largest absolute Gasteiger partial charge is 0.491 e. The Bertz CT molecular complexity index is 585. The van der Waals surface area contributed by atoms with Crippen molar-refractivity contribution in [1.82, 2.24) is 4.98 Å². The summed E-state index contributed by atoms with van der Waals surface area (Å²) in [6.07, 6.45) is 1.70. The van der Waals surface area contributed by atoms with Crippen molar-refractivity contribution in [2.75, 3.05) is 0 Å². The Morgan fingerprint density at radius 2 is 2.11 bits per heavy atom. The first-order valence-corrected chi connectivity index (χ1v) is 7.23. The summed E-state index contributed by atoms with van der Waals surface area (Å²) in [5.74, 6) is -0.0573. The zero-order valence-corrected chi connectivity index (χ0v) is 12.2. The molecule has 0 amide bonds. The van der Waals surface area contributed by atoms with Gasteiger partial charge < -0.3 is 10.0 Å². The van der Waals surface area contributed by atoms with Crippen LogP contribution in [-0.2, 0) is 5.75 Å². The quantitative estimate of drug-likeness (QED) is 0.659. The highest BCUT2D eigenvalue weighted by Gasteiger charge is 2.16. The van der Waals surface area contributed by atoms with Crippen LogP contribution in [0.1, 0.15) is 5.56 Å². The lowest BCUT2D eigenvalue weighted by Gasteiger charge is -2.06. The van der Waals surface area contributed by atoms with Gasteiger partial charge in [-0.05, 0) is 39.7 Å². The van der Waals surface area contributed by atoms with Gasteiger partial charge in [0.05, 0.1) is 0 Å². The van der Waals surface area contributed by atoms with Crippen LogP contribution in [0, 0.1) is 5.82 Å². The second kappa shape index (κ2) is 6.52. The number of hydrogen-bond donors (Lipinski definition) is 2. The lowest BCUT2D eigenvalue weighted by Crippen LogP contribution is -2.33. The molecule has 0 fully saturated rings. The van der Waals surface area contributed by atoms with Gasteiger partial charge in [0.2, 0.25) is 0 Å². The Kier molecular flexibility index (Phi) is 4.98. The molecular formula is C12H10BBrFNO2S. The van der Waals surface area contributed by atoms with Crippen LogP contribution in [0.5, 0.6) is 0 Å². The van der Waals surface area contributed by atoms with Crippen LogP contribution in [0.25, 0.3) is 0 Å². The molecule has 0 saturated carbocycles. The number of thioether (sulfide) groups is 1. The molecule has 0 atom stereocenters. The first-order valence-electron chi connectivity index (χ1n) is 5.45. The van der Waals surface area contributed by atoms with Crippen molar-refractivity contribution in [3.8, 4) is 0 Å². The molecule has 19 heavy (non-hydrogen) atoms. The van der Waals surface area contributed by atoms with Crippen molar-refractivity contribution in [1.29, 1.82) is 0 Å². The fourth-order valence-electron chi connectivity index (χ4n) is 1.51. The first-order chi connectivity index (χ1) is 9.08. The van der Waals surface area contributed by atoms with Gasteiger partial charge in [-0.15, -0.1) is 11.8 Å². The molecule has 0 aliphatic heterocycles. The van der Waals surface area contributed by atoms with E-state index in [0.29, 0.717) is 5.75 Å². The second-order valence-electron chi connectivity index (χ2n) is 3.81. The summed E-state index contributed by atoms with van der Waals surface area (Å²) in [6.45, 7) is 0. The van der Waals surface area contributed by atoms with Crippen LogP contribution in [0.15, 0.2) is 46.0 Å². The molecule has 98 valence electrons. The minimum absolute atomic E-state index is 0.113. The molecule has 1 aromatic heterocycles. The van der Waals surface area contributed by atoms with Gasteiger partial charge in [-0.25, -0.2) is 9.37 Å². The van der Waals surface area contributed by atoms with E-state index in [2.05, 4.69) is 20.9 Å². The minimum Gasteiger partial charge on any atom is -0.423 e. The van der Waals surface area contributed by atoms with E-state index in [9.17, 15) is 4.39 Å². The van der Waals surface area contributed by atoms with Crippen LogP contribution in [0.4, 0.5) is 4.39 Å². The van der Waals surface area contributed by atoms with Gasteiger partial charge in [0, 0.05) is 21.9 Å². The van der Waals surface area contributed by atoms with E-state index in [1.807, 2.05) is 12.1 Å². The van der Waals surface area contributed by atoms with Crippen LogP contribution >= 0.6 is 27.7 Å². The van der Waals surface area contributed by atoms with Gasteiger partial charge in [0.15, 0.2) is 0 Å². The van der Waals surface area contributed by atoms with Gasteiger partial charge in [-0.3, -0.25) is 0 Å². The molecular weight excluding hydrogens is 332 g/mol. The molecule has 2 rings (SSSR count). The lowest BCUT2D eigenvalue weighted by molar-refractivity contribution is 0.423. The summed E-state index contributed by atoms with van der Waals surface area (Å²) in [5.41, 5.74) is 0.685. The Labute approximate surface area is 123 Å². The fourth-order valence-corrected chi connectivity index (χ4v) is 2.93. The zero-order chi connectivity index (χ0) is 13.8. The van der Waals surface area contributed by atoms with E-state index >= 15 is 0 Å². The average Bonchev–Trinajstić information content (AvgIpc) is 2.39. The summed E-state index contributed by atoms with van der Waals surface area (Å²) in [6, 6.07) is 8.02. The van der Waals surface area contributed by atoms with Gasteiger partial charge in [-0.2, -0.15) is 0 Å². The van der Waals surface area contributed by atoms with Crippen LogP contribution in [-0.4, -0.2) is 22.2 Å². The Morgan fingerprint density at radius 3 is 2.79 bits per heavy atom. The first kappa shape index (κ1) is 14.5. The number of nitrogens with zero attached hydrogens (tertiary/aromatic N) is 1. The number of hydrogen-bond acceptors (Lipinski definition) is 4. The van der Waals surface area contributed by atoms with E-state index in [-0.39, 0.29) is 5.46 Å². The van der Waals surface area contributed by atoms with E-state index < -0.39 is 12.9 Å². The maximum atomic E-state index is 13.3. The molecule has 0 spiro atoms. The van der Waals surface area contributed by atoms with Crippen LogP contribution < -0.4 is 5.46 Å². The van der Waals surface area contributed by atoms with Crippen molar-refractivity contribution in [3.63, 3.8) is 0 Å². The average molecular weight is 342 g/mol. The number of aromatic nitrogens is 1. The van der Waals surface area contributed by atoms with E-state index in [0.717, 1.165) is 15.1 Å². The number of pyridine rings is 1. The number of halogens is 2. The molecule has 0 saturated heterocycles. The zero-order valence-electron chi connectivity index (χ0n) is 9.75. The van der Waals surface area contributed by atoms with Crippen molar-refractivity contribution in [2.24, 2.45) is 0 Å². The molecule has 2 N–H and O–H groups in total. The second-order valence-corrected chi connectivity index (χ2v) is 5.63. The third-order valence-corrected chi connectivity index (χ3v) is 4.42. The SMILES string of the molecule is OB(O)c1cc(CSc2ncccc2Br)ccc1F. The molecule has 0 aliphatic carbocycles. The molecule has 1 heterocycles. The summed E-state index contributed by atoms with van der Waals surface area (Å²) in [5, 5.41) is 18.9. The van der Waals surface area contributed by atoms with Crippen molar-refractivity contribution < 1.29 is 14.4 Å². The Morgan fingerprint density at radius 1 is 1.32 bits per heavy atom. The van der Waals surface area contributed by atoms with Crippen molar-refractivity contribution in [2.45, 2.75) is 10.8 Å². The molecule has 0 radical (unpaired) electrons. The summed E-state index contributed by atoms with van der Waals surface area (Å²) in [4.78, 5) is 4.21. The highest BCUT2D eigenvalue weighted by molar-refractivity contribution is 9.10. The summed E-state index contributed by atoms with van der Waals surface area (Å²) >= 11 is 4.88. The normalized spacial score (nSPS) is 10.5. The highest BCUT2D eigenvalue weighted by atomic mass is 79.9. The number of rotatable bonds is 4. The molecule has 3 nitrogen and oxygen atoms in total. The summed E-state index contributed by atoms with van der Waals surface area (Å²) in [7, 11) is -1.80. The fraction of sp³-hybridized carbons (Fsp3) is 0.0833. The topological polar surface area (TPSA) is 53.4 Å². The van der Waals surface area contributed by atoms with Gasteiger partial charge in [0.25, 0.3) is 0 Å². The van der Waals surface area contributed by atoms with Gasteiger partial charge in [0.1, 0.15) is 10.8 Å². The molecule has 0 unspecified atom stereocenters. The molecule has 7 heteroatoms. The lowest BCUT2D eigenvalue weighted by atomic mass is 9.79. The van der Waals surface area contributed by atoms with Gasteiger partial charge >= 0.3 is 7.12 Å². The monoisotopic (exact) mass is 341 g/mol. The predicted molar refractivity (Wildman–Crippen MR) is 77.7 cm³/mol. The Hall–Kier alpha value is -0.885. The molecule has 2 aromatic rings. The van der Waals surface area contributed by atoms with Crippen LogP contribution in [0.3, 0.4) is 0 Å². The minimum atomic E-state index is -1.80. The smallest absolute Gasteiger partial charge is 0.423 e. The molecule has 1 aromatic carbocycles. The standard InChI is InChI=1S/C12H10BBrFNO2S/c14-10-2-1-5-16-12(10)19-7-8-3-4-11(15)9(6-8)13(17)18/h1-6,17-18H,7H2. The van der Waals surface area contributed by atoms with E-state index in [1.165, 1.54) is 23.9 Å². The maximum absolute atomic E-state index is 13.3. The maximum Gasteiger partial charge on any atom is 0.491 e. The van der Waals surface area contributed by atoms with E-state index in [1.54, 1.807) is 12.3 Å². The molecule has 0 aliphatic rings. The third kappa shape index (κ3) is 3.79. The highest BCUT2D eigenvalue weighted by Crippen LogP contribution is 2.27. The van der Waals surface area contributed by atoms with Gasteiger partial charge in [-0.1, -0.05) is 12.1 Å². The molecule has 0 bridgehead atoms. The third-order valence-electron chi connectivity index (χ3n) is 2.44.